The number of carbonyl (C=O) groups is 1. The van der Waals surface area contributed by atoms with Gasteiger partial charge in [0.2, 0.25) is 0 Å². The van der Waals surface area contributed by atoms with Crippen LogP contribution in [0.4, 0.5) is 5.69 Å². The molecule has 0 saturated carbocycles. The molecule has 3 aromatic rings. The third kappa shape index (κ3) is 2.65. The summed E-state index contributed by atoms with van der Waals surface area (Å²) in [7, 11) is 0. The molecule has 0 bridgehead atoms. The van der Waals surface area contributed by atoms with Crippen LogP contribution in [0.3, 0.4) is 0 Å². The summed E-state index contributed by atoms with van der Waals surface area (Å²) in [5.41, 5.74) is 0.876. The summed E-state index contributed by atoms with van der Waals surface area (Å²) in [6, 6.07) is 17.1. The number of rotatable bonds is 2. The highest BCUT2D eigenvalue weighted by Crippen LogP contribution is 2.25. The Labute approximate surface area is 121 Å². The largest absolute Gasteiger partial charge is 0.508 e. The van der Waals surface area contributed by atoms with Crippen LogP contribution in [0.2, 0.25) is 0 Å². The van der Waals surface area contributed by atoms with Gasteiger partial charge >= 0.3 is 0 Å². The molecule has 0 fully saturated rings. The van der Waals surface area contributed by atoms with Crippen LogP contribution in [0.25, 0.3) is 10.8 Å². The van der Waals surface area contributed by atoms with Gasteiger partial charge in [0.1, 0.15) is 11.5 Å². The van der Waals surface area contributed by atoms with Gasteiger partial charge in [-0.3, -0.25) is 4.79 Å². The third-order valence-corrected chi connectivity index (χ3v) is 3.20. The predicted octanol–water partition coefficient (Wildman–Crippen LogP) is 3.50. The van der Waals surface area contributed by atoms with Crippen molar-refractivity contribution in [3.63, 3.8) is 0 Å². The maximum atomic E-state index is 12.2. The Morgan fingerprint density at radius 3 is 2.29 bits per heavy atom. The second-order valence-electron chi connectivity index (χ2n) is 4.72. The lowest BCUT2D eigenvalue weighted by atomic mass is 10.1. The number of benzene rings is 3. The van der Waals surface area contributed by atoms with Crippen molar-refractivity contribution in [2.45, 2.75) is 0 Å². The van der Waals surface area contributed by atoms with Gasteiger partial charge in [0, 0.05) is 22.7 Å². The van der Waals surface area contributed by atoms with E-state index in [1.807, 2.05) is 42.5 Å². The van der Waals surface area contributed by atoms with Gasteiger partial charge in [-0.25, -0.2) is 0 Å². The molecule has 4 heteroatoms. The number of carbonyl (C=O) groups excluding carboxylic acids is 1. The zero-order valence-corrected chi connectivity index (χ0v) is 11.1. The van der Waals surface area contributed by atoms with Crippen LogP contribution in [-0.4, -0.2) is 16.1 Å². The van der Waals surface area contributed by atoms with Gasteiger partial charge in [-0.1, -0.05) is 36.4 Å². The average Bonchev–Trinajstić information content (AvgIpc) is 2.46. The molecule has 1 amide bonds. The number of fused-ring (bicyclic) bond motifs is 1. The fraction of sp³-hybridized carbons (Fsp3) is 0. The summed E-state index contributed by atoms with van der Waals surface area (Å²) in [6.07, 6.45) is 0. The molecule has 0 aromatic heterocycles. The summed E-state index contributed by atoms with van der Waals surface area (Å²) < 4.78 is 0. The van der Waals surface area contributed by atoms with Crippen LogP contribution in [0, 0.1) is 0 Å². The molecule has 0 spiro atoms. The molecule has 3 aromatic carbocycles. The van der Waals surface area contributed by atoms with E-state index in [-0.39, 0.29) is 17.1 Å². The molecule has 0 aliphatic rings. The average molecular weight is 279 g/mol. The smallest absolute Gasteiger partial charge is 0.255 e. The molecule has 3 rings (SSSR count). The summed E-state index contributed by atoms with van der Waals surface area (Å²) in [5, 5.41) is 23.6. The topological polar surface area (TPSA) is 69.6 Å². The summed E-state index contributed by atoms with van der Waals surface area (Å²) in [6.45, 7) is 0. The Morgan fingerprint density at radius 2 is 1.52 bits per heavy atom. The van der Waals surface area contributed by atoms with Crippen molar-refractivity contribution in [2.75, 3.05) is 5.32 Å². The Kier molecular flexibility index (Phi) is 3.20. The standard InChI is InChI=1S/C17H13NO3/c19-13-8-12(9-14(20)10-13)17(21)18-16-7-3-5-11-4-1-2-6-15(11)16/h1-10,19-20H,(H,18,21). The summed E-state index contributed by atoms with van der Waals surface area (Å²) in [5.74, 6) is -0.700. The summed E-state index contributed by atoms with van der Waals surface area (Å²) >= 11 is 0. The number of amides is 1. The number of hydrogen-bond donors (Lipinski definition) is 3. The fourth-order valence-corrected chi connectivity index (χ4v) is 2.26. The molecule has 0 unspecified atom stereocenters. The first-order valence-corrected chi connectivity index (χ1v) is 6.45. The van der Waals surface area contributed by atoms with Crippen molar-refractivity contribution in [3.8, 4) is 11.5 Å². The van der Waals surface area contributed by atoms with E-state index in [1.54, 1.807) is 0 Å². The molecule has 0 atom stereocenters. The van der Waals surface area contributed by atoms with Crippen molar-refractivity contribution in [3.05, 3.63) is 66.2 Å². The second kappa shape index (κ2) is 5.17. The zero-order valence-electron chi connectivity index (χ0n) is 11.1. The molecule has 3 N–H and O–H groups in total. The van der Waals surface area contributed by atoms with Gasteiger partial charge in [0.05, 0.1) is 0 Å². The van der Waals surface area contributed by atoms with Crippen LogP contribution in [0.1, 0.15) is 10.4 Å². The molecule has 0 aliphatic heterocycles. The number of nitrogens with one attached hydrogen (secondary N) is 1. The maximum Gasteiger partial charge on any atom is 0.255 e. The van der Waals surface area contributed by atoms with Crippen LogP contribution < -0.4 is 5.32 Å². The Bertz CT molecular complexity index is 802. The molecule has 0 saturated heterocycles. The van der Waals surface area contributed by atoms with Crippen molar-refractivity contribution < 1.29 is 15.0 Å². The Balaban J connectivity index is 1.96. The van der Waals surface area contributed by atoms with Crippen molar-refractivity contribution >= 4 is 22.4 Å². The SMILES string of the molecule is O=C(Nc1cccc2ccccc12)c1cc(O)cc(O)c1. The summed E-state index contributed by atoms with van der Waals surface area (Å²) in [4.78, 5) is 12.2. The molecule has 0 aliphatic carbocycles. The highest BCUT2D eigenvalue weighted by Gasteiger charge is 2.10. The molecular weight excluding hydrogens is 266 g/mol. The van der Waals surface area contributed by atoms with E-state index in [0.717, 1.165) is 10.8 Å². The zero-order chi connectivity index (χ0) is 14.8. The molecule has 0 radical (unpaired) electrons. The van der Waals surface area contributed by atoms with Gasteiger partial charge < -0.3 is 15.5 Å². The normalized spacial score (nSPS) is 10.5. The molecule has 4 nitrogen and oxygen atoms in total. The minimum atomic E-state index is -0.391. The minimum absolute atomic E-state index is 0.155. The first-order valence-electron chi connectivity index (χ1n) is 6.45. The number of anilines is 1. The van der Waals surface area contributed by atoms with Crippen LogP contribution in [0.15, 0.2) is 60.7 Å². The van der Waals surface area contributed by atoms with Crippen LogP contribution in [-0.2, 0) is 0 Å². The van der Waals surface area contributed by atoms with E-state index < -0.39 is 5.91 Å². The third-order valence-electron chi connectivity index (χ3n) is 3.20. The molecular formula is C17H13NO3. The Morgan fingerprint density at radius 1 is 0.857 bits per heavy atom. The van der Waals surface area contributed by atoms with Crippen molar-refractivity contribution in [1.82, 2.24) is 0 Å². The number of phenols is 2. The van der Waals surface area contributed by atoms with E-state index in [2.05, 4.69) is 5.32 Å². The lowest BCUT2D eigenvalue weighted by Gasteiger charge is -2.09. The minimum Gasteiger partial charge on any atom is -0.508 e. The van der Waals surface area contributed by atoms with E-state index in [0.29, 0.717) is 5.69 Å². The van der Waals surface area contributed by atoms with Gasteiger partial charge in [0.15, 0.2) is 0 Å². The van der Waals surface area contributed by atoms with Crippen molar-refractivity contribution in [2.24, 2.45) is 0 Å². The number of aromatic hydroxyl groups is 2. The van der Waals surface area contributed by atoms with Crippen molar-refractivity contribution in [1.29, 1.82) is 0 Å². The van der Waals surface area contributed by atoms with Gasteiger partial charge in [-0.05, 0) is 23.6 Å². The second-order valence-corrected chi connectivity index (χ2v) is 4.72. The van der Waals surface area contributed by atoms with E-state index in [1.165, 1.54) is 18.2 Å². The molecule has 0 heterocycles. The van der Waals surface area contributed by atoms with Gasteiger partial charge in [0.25, 0.3) is 5.91 Å². The first-order chi connectivity index (χ1) is 10.1. The highest BCUT2D eigenvalue weighted by molar-refractivity contribution is 6.09. The Hall–Kier alpha value is -3.01. The van der Waals surface area contributed by atoms with Crippen LogP contribution in [0.5, 0.6) is 11.5 Å². The maximum absolute atomic E-state index is 12.2. The monoisotopic (exact) mass is 279 g/mol. The van der Waals surface area contributed by atoms with E-state index >= 15 is 0 Å². The molecule has 104 valence electrons. The van der Waals surface area contributed by atoms with Crippen LogP contribution >= 0.6 is 0 Å². The molecule has 21 heavy (non-hydrogen) atoms. The first kappa shape index (κ1) is 13.0. The van der Waals surface area contributed by atoms with E-state index in [9.17, 15) is 15.0 Å². The lowest BCUT2D eigenvalue weighted by Crippen LogP contribution is -2.11. The van der Waals surface area contributed by atoms with Gasteiger partial charge in [-0.2, -0.15) is 0 Å². The number of hydrogen-bond acceptors (Lipinski definition) is 3. The lowest BCUT2D eigenvalue weighted by molar-refractivity contribution is 0.102. The quantitative estimate of drug-likeness (QED) is 0.672. The fourth-order valence-electron chi connectivity index (χ4n) is 2.26. The number of phenolic OH excluding ortho intramolecular Hbond substituents is 2. The van der Waals surface area contributed by atoms with Gasteiger partial charge in [-0.15, -0.1) is 0 Å². The highest BCUT2D eigenvalue weighted by atomic mass is 16.3. The van der Waals surface area contributed by atoms with E-state index in [4.69, 9.17) is 0 Å². The predicted molar refractivity (Wildman–Crippen MR) is 81.7 cm³/mol.